The molecular weight excluding hydrogens is 376 g/mol. The number of ether oxygens (including phenoxy) is 1. The van der Waals surface area contributed by atoms with Crippen LogP contribution >= 0.6 is 0 Å². The Morgan fingerprint density at radius 1 is 1.07 bits per heavy atom. The lowest BCUT2D eigenvalue weighted by molar-refractivity contribution is -0.157. The minimum Gasteiger partial charge on any atom is -0.463 e. The van der Waals surface area contributed by atoms with E-state index in [9.17, 15) is 9.59 Å². The van der Waals surface area contributed by atoms with Crippen LogP contribution in [0.15, 0.2) is 0 Å². The number of aromatic nitrogens is 2. The van der Waals surface area contributed by atoms with Crippen LogP contribution in [-0.2, 0) is 21.4 Å². The van der Waals surface area contributed by atoms with E-state index in [0.29, 0.717) is 17.3 Å². The van der Waals surface area contributed by atoms with Gasteiger partial charge in [-0.25, -0.2) is 4.68 Å². The van der Waals surface area contributed by atoms with Crippen LogP contribution in [0.4, 0.5) is 0 Å². The third kappa shape index (κ3) is 2.69. The first-order valence-corrected chi connectivity index (χ1v) is 11.9. The number of esters is 1. The molecule has 1 heterocycles. The van der Waals surface area contributed by atoms with Gasteiger partial charge in [-0.3, -0.25) is 9.59 Å². The Labute approximate surface area is 179 Å². The number of hydrogen-bond acceptors (Lipinski definition) is 4. The Bertz CT molecular complexity index is 904. The van der Waals surface area contributed by atoms with Crippen LogP contribution in [0, 0.1) is 36.0 Å². The third-order valence-corrected chi connectivity index (χ3v) is 9.78. The predicted molar refractivity (Wildman–Crippen MR) is 114 cm³/mol. The summed E-state index contributed by atoms with van der Waals surface area (Å²) in [6.07, 6.45) is 9.34. The molecule has 0 radical (unpaired) electrons. The van der Waals surface area contributed by atoms with Gasteiger partial charge in [0.25, 0.3) is 0 Å². The van der Waals surface area contributed by atoms with Crippen LogP contribution in [0.5, 0.6) is 0 Å². The van der Waals surface area contributed by atoms with E-state index in [1.807, 2.05) is 0 Å². The molecule has 0 bridgehead atoms. The van der Waals surface area contributed by atoms with Crippen LogP contribution in [0.25, 0.3) is 0 Å². The second-order valence-electron chi connectivity index (χ2n) is 11.2. The van der Waals surface area contributed by atoms with E-state index in [0.717, 1.165) is 36.8 Å². The molecule has 4 aliphatic carbocycles. The van der Waals surface area contributed by atoms with E-state index in [-0.39, 0.29) is 23.4 Å². The van der Waals surface area contributed by atoms with Gasteiger partial charge in [0.05, 0.1) is 11.4 Å². The number of fused-ring (bicyclic) bond motifs is 7. The van der Waals surface area contributed by atoms with Gasteiger partial charge in [-0.15, -0.1) is 0 Å². The van der Waals surface area contributed by atoms with Gasteiger partial charge in [0.1, 0.15) is 6.10 Å². The number of nitrogens with zero attached hydrogens (tertiary/aromatic N) is 2. The van der Waals surface area contributed by atoms with Crippen molar-refractivity contribution in [3.63, 3.8) is 0 Å². The zero-order chi connectivity index (χ0) is 21.4. The highest BCUT2D eigenvalue weighted by Gasteiger charge is 2.60. The molecular formula is C25H36N2O3. The van der Waals surface area contributed by atoms with E-state index < -0.39 is 0 Å². The molecule has 5 rings (SSSR count). The minimum absolute atomic E-state index is 0.0395. The molecule has 3 saturated carbocycles. The first-order chi connectivity index (χ1) is 14.1. The summed E-state index contributed by atoms with van der Waals surface area (Å²) < 4.78 is 7.30. The standard InChI is InChI=1S/C25H36N2O3/c1-14-23-22(27(26-14)15(2)28)13-21-19-7-6-17-12-18(30-16(3)29)8-10-24(17,4)20(19)9-11-25(21,23)5/h17-21H,6-13H2,1-5H3/t17-,18+,19-,20+,21-,24-,25-/m0/s1. The van der Waals surface area contributed by atoms with Crippen molar-refractivity contribution in [1.29, 1.82) is 0 Å². The average molecular weight is 413 g/mol. The summed E-state index contributed by atoms with van der Waals surface area (Å²) in [5.74, 6) is 2.66. The Kier molecular flexibility index (Phi) is 4.51. The molecule has 1 aromatic heterocycles. The average Bonchev–Trinajstić information content (AvgIpc) is 3.16. The van der Waals surface area contributed by atoms with Gasteiger partial charge in [-0.1, -0.05) is 13.8 Å². The minimum atomic E-state index is -0.135. The van der Waals surface area contributed by atoms with Crippen molar-refractivity contribution in [2.24, 2.45) is 29.1 Å². The summed E-state index contributed by atoms with van der Waals surface area (Å²) in [5.41, 5.74) is 4.15. The van der Waals surface area contributed by atoms with Crippen molar-refractivity contribution in [3.05, 3.63) is 17.0 Å². The lowest BCUT2D eigenvalue weighted by atomic mass is 9.45. The van der Waals surface area contributed by atoms with Crippen molar-refractivity contribution in [1.82, 2.24) is 9.78 Å². The molecule has 5 nitrogen and oxygen atoms in total. The highest BCUT2D eigenvalue weighted by Crippen LogP contribution is 2.66. The summed E-state index contributed by atoms with van der Waals surface area (Å²) in [6.45, 7) is 10.2. The fourth-order valence-corrected chi connectivity index (χ4v) is 8.54. The fourth-order valence-electron chi connectivity index (χ4n) is 8.54. The Hall–Kier alpha value is -1.65. The topological polar surface area (TPSA) is 61.2 Å². The summed E-state index contributed by atoms with van der Waals surface area (Å²) in [4.78, 5) is 23.7. The Morgan fingerprint density at radius 3 is 2.53 bits per heavy atom. The zero-order valence-electron chi connectivity index (χ0n) is 19.2. The summed E-state index contributed by atoms with van der Waals surface area (Å²) in [7, 11) is 0. The van der Waals surface area contributed by atoms with E-state index in [2.05, 4.69) is 25.9 Å². The van der Waals surface area contributed by atoms with Crippen molar-refractivity contribution in [2.75, 3.05) is 0 Å². The predicted octanol–water partition coefficient (Wildman–Crippen LogP) is 4.84. The van der Waals surface area contributed by atoms with Crippen molar-refractivity contribution in [2.45, 2.75) is 97.5 Å². The quantitative estimate of drug-likeness (QED) is 0.619. The molecule has 0 aromatic carbocycles. The highest BCUT2D eigenvalue weighted by molar-refractivity contribution is 5.77. The van der Waals surface area contributed by atoms with E-state index in [1.54, 1.807) is 11.6 Å². The van der Waals surface area contributed by atoms with E-state index in [4.69, 9.17) is 4.74 Å². The van der Waals surface area contributed by atoms with Gasteiger partial charge in [0.15, 0.2) is 0 Å². The monoisotopic (exact) mass is 412 g/mol. The van der Waals surface area contributed by atoms with E-state index in [1.165, 1.54) is 50.3 Å². The lowest BCUT2D eigenvalue weighted by Gasteiger charge is -2.60. The van der Waals surface area contributed by atoms with Gasteiger partial charge in [-0.2, -0.15) is 5.10 Å². The van der Waals surface area contributed by atoms with Crippen LogP contribution in [0.1, 0.15) is 94.4 Å². The second-order valence-corrected chi connectivity index (χ2v) is 11.2. The molecule has 30 heavy (non-hydrogen) atoms. The van der Waals surface area contributed by atoms with E-state index >= 15 is 0 Å². The number of rotatable bonds is 1. The molecule has 0 N–H and O–H groups in total. The number of carbonyl (C=O) groups is 2. The molecule has 0 amide bonds. The molecule has 3 fully saturated rings. The molecule has 0 aliphatic heterocycles. The van der Waals surface area contributed by atoms with Crippen LogP contribution in [0.3, 0.4) is 0 Å². The Balaban J connectivity index is 1.43. The van der Waals surface area contributed by atoms with Crippen LogP contribution in [-0.4, -0.2) is 27.8 Å². The summed E-state index contributed by atoms with van der Waals surface area (Å²) >= 11 is 0. The summed E-state index contributed by atoms with van der Waals surface area (Å²) in [5, 5.41) is 4.61. The SMILES string of the molecule is CC(=O)O[C@@H]1CC[C@@]2(C)[C@@H](CC[C@H]3[C@H]2CC[C@]2(C)c4c(C)nn(C(C)=O)c4C[C@@H]32)C1. The molecule has 0 saturated heterocycles. The molecule has 5 heteroatoms. The largest absolute Gasteiger partial charge is 0.463 e. The highest BCUT2D eigenvalue weighted by atomic mass is 16.5. The van der Waals surface area contributed by atoms with Gasteiger partial charge in [0, 0.05) is 19.4 Å². The van der Waals surface area contributed by atoms with Crippen LogP contribution in [0.2, 0.25) is 0 Å². The van der Waals surface area contributed by atoms with Gasteiger partial charge >= 0.3 is 5.97 Å². The normalized spacial score (nSPS) is 42.0. The second kappa shape index (κ2) is 6.67. The first-order valence-electron chi connectivity index (χ1n) is 11.9. The van der Waals surface area contributed by atoms with Crippen molar-refractivity contribution >= 4 is 11.9 Å². The summed E-state index contributed by atoms with van der Waals surface area (Å²) in [6, 6.07) is 0. The van der Waals surface area contributed by atoms with Crippen molar-refractivity contribution in [3.8, 4) is 0 Å². The maximum absolute atomic E-state index is 12.2. The van der Waals surface area contributed by atoms with Gasteiger partial charge in [0.2, 0.25) is 5.91 Å². The lowest BCUT2D eigenvalue weighted by Crippen LogP contribution is -2.54. The number of carbonyl (C=O) groups excluding carboxylic acids is 2. The maximum atomic E-state index is 12.2. The zero-order valence-corrected chi connectivity index (χ0v) is 19.2. The van der Waals surface area contributed by atoms with Crippen LogP contribution < -0.4 is 0 Å². The molecule has 1 aromatic rings. The molecule has 7 atom stereocenters. The third-order valence-electron chi connectivity index (χ3n) is 9.78. The smallest absolute Gasteiger partial charge is 0.302 e. The number of aryl methyl sites for hydroxylation is 1. The molecule has 0 unspecified atom stereocenters. The molecule has 4 aliphatic rings. The Morgan fingerprint density at radius 2 is 1.83 bits per heavy atom. The maximum Gasteiger partial charge on any atom is 0.302 e. The fraction of sp³-hybridized carbons (Fsp3) is 0.800. The van der Waals surface area contributed by atoms with Gasteiger partial charge in [-0.05, 0) is 92.8 Å². The molecule has 164 valence electrons. The first kappa shape index (κ1) is 20.3. The molecule has 0 spiro atoms. The van der Waals surface area contributed by atoms with Gasteiger partial charge < -0.3 is 4.74 Å². The number of hydrogen-bond donors (Lipinski definition) is 0. The van der Waals surface area contributed by atoms with Crippen molar-refractivity contribution < 1.29 is 14.3 Å².